The highest BCUT2D eigenvalue weighted by molar-refractivity contribution is 6.30. The molecule has 0 spiro atoms. The summed E-state index contributed by atoms with van der Waals surface area (Å²) in [4.78, 5) is 26.4. The van der Waals surface area contributed by atoms with Crippen LogP contribution >= 0.6 is 11.6 Å². The number of carboxylic acid groups (broad SMARTS) is 1. The van der Waals surface area contributed by atoms with Crippen LogP contribution in [0.4, 0.5) is 4.79 Å². The van der Waals surface area contributed by atoms with Crippen LogP contribution in [0.1, 0.15) is 35.4 Å². The number of carbonyl (C=O) groups excluding carboxylic acids is 1. The van der Waals surface area contributed by atoms with Crippen LogP contribution in [0, 0.1) is 0 Å². The zero-order valence-electron chi connectivity index (χ0n) is 18.0. The summed E-state index contributed by atoms with van der Waals surface area (Å²) < 4.78 is 6.03. The normalized spacial score (nSPS) is 16.7. The molecular weight excluding hydrogens is 438 g/mol. The van der Waals surface area contributed by atoms with Gasteiger partial charge in [-0.2, -0.15) is 0 Å². The quantitative estimate of drug-likeness (QED) is 0.505. The van der Waals surface area contributed by atoms with Gasteiger partial charge >= 0.3 is 12.1 Å². The lowest BCUT2D eigenvalue weighted by atomic mass is 9.72. The number of amides is 1. The molecule has 1 saturated heterocycles. The molecule has 1 aliphatic heterocycles. The first kappa shape index (κ1) is 21.5. The van der Waals surface area contributed by atoms with Crippen molar-refractivity contribution in [2.24, 2.45) is 0 Å². The summed E-state index contributed by atoms with van der Waals surface area (Å²) in [5.74, 6) is -0.334. The Morgan fingerprint density at radius 2 is 1.45 bits per heavy atom. The molecule has 1 fully saturated rings. The SMILES string of the molecule is O=C(O)N1CCC(C(=O)OCC2c3ccccc3-c3ccccc32)(c2ccc(Cl)cc2)CC1. The maximum atomic E-state index is 13.6. The van der Waals surface area contributed by atoms with Gasteiger partial charge in [0.05, 0.1) is 5.41 Å². The summed E-state index contributed by atoms with van der Waals surface area (Å²) in [6, 6.07) is 23.7. The fourth-order valence-electron chi connectivity index (χ4n) is 5.20. The summed E-state index contributed by atoms with van der Waals surface area (Å²) >= 11 is 6.08. The van der Waals surface area contributed by atoms with Crippen molar-refractivity contribution in [3.8, 4) is 11.1 Å². The minimum absolute atomic E-state index is 0.0253. The number of ether oxygens (including phenoxy) is 1. The number of likely N-dealkylation sites (tertiary alicyclic amines) is 1. The molecule has 168 valence electrons. The molecular formula is C27H24ClNO4. The highest BCUT2D eigenvalue weighted by Crippen LogP contribution is 2.45. The summed E-state index contributed by atoms with van der Waals surface area (Å²) in [7, 11) is 0. The number of carbonyl (C=O) groups is 2. The van der Waals surface area contributed by atoms with E-state index in [1.807, 2.05) is 36.4 Å². The average Bonchev–Trinajstić information content (AvgIpc) is 3.16. The van der Waals surface area contributed by atoms with Crippen LogP contribution in [0.5, 0.6) is 0 Å². The van der Waals surface area contributed by atoms with Crippen LogP contribution < -0.4 is 0 Å². The van der Waals surface area contributed by atoms with Gasteiger partial charge in [-0.3, -0.25) is 4.79 Å². The third-order valence-corrected chi connectivity index (χ3v) is 7.27. The van der Waals surface area contributed by atoms with Crippen LogP contribution in [0.15, 0.2) is 72.8 Å². The molecule has 0 atom stereocenters. The standard InChI is InChI=1S/C27H24ClNO4/c28-19-11-9-18(10-12-19)27(13-15-29(16-14-27)26(31)32)25(30)33-17-24-22-7-3-1-5-20(22)21-6-2-4-8-23(21)24/h1-12,24H,13-17H2,(H,31,32). The van der Waals surface area contributed by atoms with E-state index in [1.54, 1.807) is 12.1 Å². The van der Waals surface area contributed by atoms with Crippen LogP contribution in [0.3, 0.4) is 0 Å². The Morgan fingerprint density at radius 1 is 0.909 bits per heavy atom. The first-order chi connectivity index (χ1) is 16.0. The molecule has 5 nitrogen and oxygen atoms in total. The van der Waals surface area contributed by atoms with Crippen molar-refractivity contribution in [1.82, 2.24) is 4.90 Å². The molecule has 0 bridgehead atoms. The van der Waals surface area contributed by atoms with Gasteiger partial charge in [0.25, 0.3) is 0 Å². The van der Waals surface area contributed by atoms with E-state index in [0.717, 1.165) is 16.7 Å². The van der Waals surface area contributed by atoms with E-state index in [-0.39, 0.29) is 31.6 Å². The van der Waals surface area contributed by atoms with Crippen molar-refractivity contribution in [2.75, 3.05) is 19.7 Å². The Labute approximate surface area is 197 Å². The maximum absolute atomic E-state index is 13.6. The molecule has 3 aromatic rings. The number of nitrogens with zero attached hydrogens (tertiary/aromatic N) is 1. The van der Waals surface area contributed by atoms with Gasteiger partial charge in [0, 0.05) is 24.0 Å². The Hall–Kier alpha value is -3.31. The average molecular weight is 462 g/mol. The number of rotatable bonds is 4. The minimum Gasteiger partial charge on any atom is -0.465 e. The van der Waals surface area contributed by atoms with Crippen molar-refractivity contribution in [3.05, 3.63) is 94.5 Å². The number of esters is 1. The predicted molar refractivity (Wildman–Crippen MR) is 127 cm³/mol. The Balaban J connectivity index is 1.42. The molecule has 0 saturated carbocycles. The molecule has 33 heavy (non-hydrogen) atoms. The minimum atomic E-state index is -0.966. The molecule has 2 aliphatic rings. The maximum Gasteiger partial charge on any atom is 0.407 e. The zero-order chi connectivity index (χ0) is 23.0. The van der Waals surface area contributed by atoms with Crippen molar-refractivity contribution in [3.63, 3.8) is 0 Å². The van der Waals surface area contributed by atoms with Gasteiger partial charge in [-0.05, 0) is 52.8 Å². The van der Waals surface area contributed by atoms with Crippen LogP contribution in [-0.4, -0.2) is 41.8 Å². The van der Waals surface area contributed by atoms with Crippen molar-refractivity contribution >= 4 is 23.7 Å². The Morgan fingerprint density at radius 3 is 2.00 bits per heavy atom. The van der Waals surface area contributed by atoms with Gasteiger partial charge in [-0.15, -0.1) is 0 Å². The Kier molecular flexibility index (Phi) is 5.59. The van der Waals surface area contributed by atoms with E-state index in [9.17, 15) is 14.7 Å². The molecule has 1 amide bonds. The number of piperidine rings is 1. The first-order valence-corrected chi connectivity index (χ1v) is 11.5. The molecule has 5 rings (SSSR count). The van der Waals surface area contributed by atoms with E-state index >= 15 is 0 Å². The van der Waals surface area contributed by atoms with E-state index in [4.69, 9.17) is 16.3 Å². The van der Waals surface area contributed by atoms with Gasteiger partial charge in [-0.1, -0.05) is 72.3 Å². The molecule has 0 unspecified atom stereocenters. The molecule has 3 aromatic carbocycles. The molecule has 1 N–H and O–H groups in total. The lowest BCUT2D eigenvalue weighted by molar-refractivity contribution is -0.153. The second-order valence-corrected chi connectivity index (χ2v) is 9.12. The van der Waals surface area contributed by atoms with Gasteiger partial charge < -0.3 is 14.7 Å². The van der Waals surface area contributed by atoms with Gasteiger partial charge in [-0.25, -0.2) is 4.79 Å². The lowest BCUT2D eigenvalue weighted by Crippen LogP contribution is -2.49. The van der Waals surface area contributed by atoms with Crippen molar-refractivity contribution in [2.45, 2.75) is 24.2 Å². The highest BCUT2D eigenvalue weighted by atomic mass is 35.5. The predicted octanol–water partition coefficient (Wildman–Crippen LogP) is 5.71. The second kappa shape index (κ2) is 8.56. The number of halogens is 1. The van der Waals surface area contributed by atoms with Crippen molar-refractivity contribution in [1.29, 1.82) is 0 Å². The third-order valence-electron chi connectivity index (χ3n) is 7.02. The molecule has 6 heteroatoms. The lowest BCUT2D eigenvalue weighted by Gasteiger charge is -2.39. The topological polar surface area (TPSA) is 66.8 Å². The third kappa shape index (κ3) is 3.76. The molecule has 0 radical (unpaired) electrons. The van der Waals surface area contributed by atoms with Crippen LogP contribution in [0.25, 0.3) is 11.1 Å². The molecule has 1 aliphatic carbocycles. The van der Waals surface area contributed by atoms with E-state index in [2.05, 4.69) is 24.3 Å². The second-order valence-electron chi connectivity index (χ2n) is 8.68. The van der Waals surface area contributed by atoms with Gasteiger partial charge in [0.1, 0.15) is 6.61 Å². The number of hydrogen-bond acceptors (Lipinski definition) is 3. The van der Waals surface area contributed by atoms with E-state index in [1.165, 1.54) is 16.0 Å². The van der Waals surface area contributed by atoms with Crippen LogP contribution in [0.2, 0.25) is 5.02 Å². The van der Waals surface area contributed by atoms with E-state index < -0.39 is 11.5 Å². The van der Waals surface area contributed by atoms with Gasteiger partial charge in [0.15, 0.2) is 0 Å². The number of fused-ring (bicyclic) bond motifs is 3. The molecule has 0 aromatic heterocycles. The first-order valence-electron chi connectivity index (χ1n) is 11.1. The summed E-state index contributed by atoms with van der Waals surface area (Å²) in [6.45, 7) is 0.801. The highest BCUT2D eigenvalue weighted by Gasteiger charge is 2.45. The summed E-state index contributed by atoms with van der Waals surface area (Å²) in [5.41, 5.74) is 4.59. The number of benzene rings is 3. The summed E-state index contributed by atoms with van der Waals surface area (Å²) in [5, 5.41) is 9.97. The monoisotopic (exact) mass is 461 g/mol. The zero-order valence-corrected chi connectivity index (χ0v) is 18.8. The van der Waals surface area contributed by atoms with Crippen LogP contribution in [-0.2, 0) is 14.9 Å². The fourth-order valence-corrected chi connectivity index (χ4v) is 5.32. The summed E-state index contributed by atoms with van der Waals surface area (Å²) in [6.07, 6.45) is -0.220. The van der Waals surface area contributed by atoms with Gasteiger partial charge in [0.2, 0.25) is 0 Å². The van der Waals surface area contributed by atoms with E-state index in [0.29, 0.717) is 17.9 Å². The smallest absolute Gasteiger partial charge is 0.407 e. The fraction of sp³-hybridized carbons (Fsp3) is 0.259. The van der Waals surface area contributed by atoms with Crippen molar-refractivity contribution < 1.29 is 19.4 Å². The largest absolute Gasteiger partial charge is 0.465 e. The Bertz CT molecular complexity index is 1150. The number of hydrogen-bond donors (Lipinski definition) is 1. The molecule has 1 heterocycles.